The Bertz CT molecular complexity index is 1100. The summed E-state index contributed by atoms with van der Waals surface area (Å²) < 4.78 is 12.9. The fourth-order valence-corrected chi connectivity index (χ4v) is 5.41. The molecule has 0 unspecified atom stereocenters. The Hall–Kier alpha value is -1.71. The molecule has 35 heavy (non-hydrogen) atoms. The van der Waals surface area contributed by atoms with Gasteiger partial charge in [-0.25, -0.2) is 4.79 Å². The van der Waals surface area contributed by atoms with E-state index < -0.39 is 19.9 Å². The average Bonchev–Trinajstić information content (AvgIpc) is 2.75. The van der Waals surface area contributed by atoms with E-state index >= 15 is 0 Å². The minimum Gasteiger partial charge on any atom is -0.456 e. The summed E-state index contributed by atoms with van der Waals surface area (Å²) in [6.07, 6.45) is 0.749. The highest BCUT2D eigenvalue weighted by Crippen LogP contribution is 2.37. The molecule has 1 heterocycles. The van der Waals surface area contributed by atoms with Crippen LogP contribution in [-0.4, -0.2) is 43.3 Å². The van der Waals surface area contributed by atoms with Gasteiger partial charge in [0, 0.05) is 10.1 Å². The van der Waals surface area contributed by atoms with Gasteiger partial charge in [-0.2, -0.15) is 0 Å². The van der Waals surface area contributed by atoms with Crippen LogP contribution in [-0.2, 0) is 22.1 Å². The van der Waals surface area contributed by atoms with Crippen molar-refractivity contribution in [2.75, 3.05) is 6.61 Å². The molecule has 0 saturated carbocycles. The fourth-order valence-electron chi connectivity index (χ4n) is 3.80. The molecular weight excluding hydrogens is 569 g/mol. The molecule has 190 valence electrons. The van der Waals surface area contributed by atoms with E-state index in [0.29, 0.717) is 24.3 Å². The fraction of sp³-hybridized carbons (Fsp3) is 0.500. The second kappa shape index (κ2) is 10.3. The number of halogens is 1. The lowest BCUT2D eigenvalue weighted by Gasteiger charge is -2.41. The Morgan fingerprint density at radius 2 is 1.66 bits per heavy atom. The Kier molecular flexibility index (Phi) is 8.23. The van der Waals surface area contributed by atoms with Gasteiger partial charge < -0.3 is 14.1 Å². The lowest BCUT2D eigenvalue weighted by molar-refractivity contribution is 0.00694. The van der Waals surface area contributed by atoms with Crippen molar-refractivity contribution in [2.45, 2.75) is 84.3 Å². The molecule has 2 aromatic rings. The van der Waals surface area contributed by atoms with Gasteiger partial charge in [0.15, 0.2) is 8.32 Å². The van der Waals surface area contributed by atoms with E-state index in [1.54, 1.807) is 12.1 Å². The maximum Gasteiger partial charge on any atom is 0.338 e. The van der Waals surface area contributed by atoms with Crippen LogP contribution < -0.4 is 0 Å². The predicted octanol–water partition coefficient (Wildman–Crippen LogP) is 6.84. The highest BCUT2D eigenvalue weighted by Gasteiger charge is 2.39. The number of carbonyl (C=O) groups excluding carboxylic acids is 2. The zero-order chi connectivity index (χ0) is 26.2. The number of amides is 1. The van der Waals surface area contributed by atoms with E-state index in [1.807, 2.05) is 37.8 Å². The van der Waals surface area contributed by atoms with Crippen molar-refractivity contribution in [3.8, 4) is 0 Å². The van der Waals surface area contributed by atoms with Crippen LogP contribution in [0.25, 0.3) is 0 Å². The molecule has 3 rings (SSSR count). The van der Waals surface area contributed by atoms with Crippen molar-refractivity contribution in [2.24, 2.45) is 0 Å². The molecule has 1 atom stereocenters. The third kappa shape index (κ3) is 6.74. The van der Waals surface area contributed by atoms with Crippen LogP contribution >= 0.6 is 22.6 Å². The summed E-state index contributed by atoms with van der Waals surface area (Å²) in [6, 6.07) is 13.4. The molecule has 0 bridgehead atoms. The maximum atomic E-state index is 13.9. The molecule has 1 aliphatic rings. The van der Waals surface area contributed by atoms with E-state index in [0.717, 1.165) is 15.6 Å². The SMILES string of the molecule is CC(C)(C)OC(=O)c1ccc(I)c(C(=O)N2Cc3ccccc3C[C@H]2CO[Si](C)(C)C(C)(C)C)c1. The first-order valence-electron chi connectivity index (χ1n) is 12.1. The van der Waals surface area contributed by atoms with Crippen molar-refractivity contribution in [3.63, 3.8) is 0 Å². The normalized spacial score (nSPS) is 16.6. The molecule has 5 nitrogen and oxygen atoms in total. The largest absolute Gasteiger partial charge is 0.456 e. The number of fused-ring (bicyclic) bond motifs is 1. The molecule has 7 heteroatoms. The van der Waals surface area contributed by atoms with Gasteiger partial charge in [0.1, 0.15) is 5.60 Å². The zero-order valence-corrected chi connectivity index (χ0v) is 25.4. The molecule has 0 radical (unpaired) electrons. The molecule has 1 aliphatic heterocycles. The maximum absolute atomic E-state index is 13.9. The molecule has 1 amide bonds. The Balaban J connectivity index is 1.93. The van der Waals surface area contributed by atoms with E-state index in [9.17, 15) is 9.59 Å². The monoisotopic (exact) mass is 607 g/mol. The highest BCUT2D eigenvalue weighted by molar-refractivity contribution is 14.1. The van der Waals surface area contributed by atoms with E-state index in [2.05, 4.69) is 74.7 Å². The first-order valence-corrected chi connectivity index (χ1v) is 16.1. The number of ether oxygens (including phenoxy) is 1. The van der Waals surface area contributed by atoms with Gasteiger partial charge in [-0.1, -0.05) is 45.0 Å². The van der Waals surface area contributed by atoms with Gasteiger partial charge in [-0.05, 0) is 97.2 Å². The quantitative estimate of drug-likeness (QED) is 0.212. The number of nitrogens with zero attached hydrogens (tertiary/aromatic N) is 1. The Labute approximate surface area is 224 Å². The second-order valence-corrected chi connectivity index (χ2v) is 17.8. The van der Waals surface area contributed by atoms with Gasteiger partial charge in [0.05, 0.1) is 23.8 Å². The van der Waals surface area contributed by atoms with Gasteiger partial charge >= 0.3 is 5.97 Å². The van der Waals surface area contributed by atoms with E-state index in [4.69, 9.17) is 9.16 Å². The van der Waals surface area contributed by atoms with Crippen LogP contribution in [0.1, 0.15) is 73.4 Å². The van der Waals surface area contributed by atoms with Crippen molar-refractivity contribution < 1.29 is 18.8 Å². The summed E-state index contributed by atoms with van der Waals surface area (Å²) in [6.45, 7) is 17.7. The van der Waals surface area contributed by atoms with E-state index in [-0.39, 0.29) is 17.0 Å². The number of benzene rings is 2. The van der Waals surface area contributed by atoms with Crippen LogP contribution in [0.15, 0.2) is 42.5 Å². The van der Waals surface area contributed by atoms with Gasteiger partial charge in [-0.15, -0.1) is 0 Å². The Morgan fingerprint density at radius 1 is 1.03 bits per heavy atom. The predicted molar refractivity (Wildman–Crippen MR) is 151 cm³/mol. The smallest absolute Gasteiger partial charge is 0.338 e. The number of rotatable bonds is 5. The first kappa shape index (κ1) is 27.9. The number of esters is 1. The molecular formula is C28H38INO4Si. The molecule has 0 aliphatic carbocycles. The summed E-state index contributed by atoms with van der Waals surface area (Å²) in [7, 11) is -1.98. The minimum absolute atomic E-state index is 0.0764. The molecule has 0 fully saturated rings. The van der Waals surface area contributed by atoms with Crippen molar-refractivity contribution in [1.82, 2.24) is 4.90 Å². The first-order chi connectivity index (χ1) is 16.1. The topological polar surface area (TPSA) is 55.8 Å². The van der Waals surface area contributed by atoms with Crippen molar-refractivity contribution >= 4 is 42.8 Å². The van der Waals surface area contributed by atoms with Crippen LogP contribution in [0.2, 0.25) is 18.1 Å². The second-order valence-electron chi connectivity index (χ2n) is 11.8. The van der Waals surface area contributed by atoms with Crippen LogP contribution in [0.4, 0.5) is 0 Å². The molecule has 0 aromatic heterocycles. The van der Waals surface area contributed by atoms with Crippen molar-refractivity contribution in [1.29, 1.82) is 0 Å². The standard InChI is InChI=1S/C28H38INO4Si/c1-27(2,3)34-26(32)20-13-14-24(29)23(16-20)25(31)30-17-21-12-10-9-11-19(21)15-22(30)18-33-35(7,8)28(4,5)6/h9-14,16,22H,15,17-18H2,1-8H3/t22-/m0/s1. The summed E-state index contributed by atoms with van der Waals surface area (Å²) in [5.74, 6) is -0.511. The van der Waals surface area contributed by atoms with E-state index in [1.165, 1.54) is 5.56 Å². The number of hydrogen-bond acceptors (Lipinski definition) is 4. The van der Waals surface area contributed by atoms with Crippen molar-refractivity contribution in [3.05, 3.63) is 68.3 Å². The minimum atomic E-state index is -1.98. The highest BCUT2D eigenvalue weighted by atomic mass is 127. The number of carbonyl (C=O) groups is 2. The lowest BCUT2D eigenvalue weighted by atomic mass is 9.93. The average molecular weight is 608 g/mol. The number of hydrogen-bond donors (Lipinski definition) is 0. The van der Waals surface area contributed by atoms with Crippen LogP contribution in [0, 0.1) is 3.57 Å². The zero-order valence-electron chi connectivity index (χ0n) is 22.2. The van der Waals surface area contributed by atoms with Gasteiger partial charge in [0.2, 0.25) is 0 Å². The van der Waals surface area contributed by atoms with Gasteiger partial charge in [0.25, 0.3) is 5.91 Å². The summed E-state index contributed by atoms with van der Waals surface area (Å²) in [5.41, 5.74) is 2.72. The summed E-state index contributed by atoms with van der Waals surface area (Å²) in [5, 5.41) is 0.0888. The Morgan fingerprint density at radius 3 is 2.26 bits per heavy atom. The van der Waals surface area contributed by atoms with Crippen LogP contribution in [0.3, 0.4) is 0 Å². The van der Waals surface area contributed by atoms with Gasteiger partial charge in [-0.3, -0.25) is 4.79 Å². The third-order valence-electron chi connectivity index (χ3n) is 6.89. The molecule has 0 spiro atoms. The lowest BCUT2D eigenvalue weighted by Crippen LogP contribution is -2.50. The summed E-state index contributed by atoms with van der Waals surface area (Å²) in [4.78, 5) is 28.6. The molecule has 0 N–H and O–H groups in total. The van der Waals surface area contributed by atoms with Crippen LogP contribution in [0.5, 0.6) is 0 Å². The molecule has 0 saturated heterocycles. The summed E-state index contributed by atoms with van der Waals surface area (Å²) >= 11 is 2.17. The molecule has 2 aromatic carbocycles. The third-order valence-corrected chi connectivity index (χ3v) is 12.3.